The summed E-state index contributed by atoms with van der Waals surface area (Å²) in [5.74, 6) is 0.0840. The molecule has 3 aromatic rings. The second-order valence-electron chi connectivity index (χ2n) is 7.93. The zero-order valence-electron chi connectivity index (χ0n) is 17.5. The summed E-state index contributed by atoms with van der Waals surface area (Å²) < 4.78 is 28.7. The number of nitrogens with one attached hydrogen (secondary N) is 1. The summed E-state index contributed by atoms with van der Waals surface area (Å²) in [6.45, 7) is 8.95. The van der Waals surface area contributed by atoms with Crippen molar-refractivity contribution < 1.29 is 13.2 Å². The number of fused-ring (bicyclic) bond motifs is 1. The molecule has 2 heterocycles. The van der Waals surface area contributed by atoms with Crippen LogP contribution in [0.25, 0.3) is 10.2 Å². The summed E-state index contributed by atoms with van der Waals surface area (Å²) >= 11 is 1.24. The number of rotatable bonds is 8. The number of pyridine rings is 1. The Morgan fingerprint density at radius 2 is 1.80 bits per heavy atom. The maximum atomic E-state index is 13.2. The van der Waals surface area contributed by atoms with Gasteiger partial charge in [-0.2, -0.15) is 4.31 Å². The van der Waals surface area contributed by atoms with Crippen LogP contribution in [0.1, 0.15) is 38.2 Å². The summed E-state index contributed by atoms with van der Waals surface area (Å²) in [6, 6.07) is 9.97. The Morgan fingerprint density at radius 1 is 1.10 bits per heavy atom. The monoisotopic (exact) mass is 446 g/mol. The highest BCUT2D eigenvalue weighted by molar-refractivity contribution is 7.89. The van der Waals surface area contributed by atoms with Crippen molar-refractivity contribution in [1.29, 1.82) is 0 Å². The number of carbonyl (C=O) groups is 1. The zero-order chi connectivity index (χ0) is 21.9. The normalized spacial score (nSPS) is 12.2. The number of hydrogen-bond donors (Lipinski definition) is 1. The fourth-order valence-corrected chi connectivity index (χ4v) is 5.78. The molecule has 0 fully saturated rings. The number of carbonyl (C=O) groups excluding carboxylic acids is 1. The van der Waals surface area contributed by atoms with Gasteiger partial charge in [-0.05, 0) is 42.2 Å². The predicted octanol–water partition coefficient (Wildman–Crippen LogP) is 4.25. The molecule has 0 aliphatic carbocycles. The second-order valence-corrected chi connectivity index (χ2v) is 10.9. The number of hydrogen-bond acceptors (Lipinski definition) is 6. The van der Waals surface area contributed by atoms with Crippen molar-refractivity contribution in [3.05, 3.63) is 48.3 Å². The Bertz CT molecular complexity index is 1120. The minimum absolute atomic E-state index is 0.221. The summed E-state index contributed by atoms with van der Waals surface area (Å²) in [5, 5.41) is 3.13. The first-order chi connectivity index (χ1) is 14.2. The molecule has 0 aliphatic rings. The largest absolute Gasteiger partial charge is 0.296 e. The Hall–Kier alpha value is -2.36. The number of anilines is 1. The van der Waals surface area contributed by atoms with Gasteiger partial charge in [0.1, 0.15) is 5.69 Å². The van der Waals surface area contributed by atoms with Gasteiger partial charge < -0.3 is 0 Å². The SMILES string of the molecule is CC(C)CN(CC(C)C)S(=O)(=O)c1ccc2nc(NC(=O)c3ccccn3)sc2c1. The molecule has 9 heteroatoms. The van der Waals surface area contributed by atoms with E-state index in [1.165, 1.54) is 11.3 Å². The van der Waals surface area contributed by atoms with Crippen LogP contribution in [0.3, 0.4) is 0 Å². The molecule has 3 rings (SSSR count). The smallest absolute Gasteiger partial charge is 0.276 e. The molecule has 0 unspecified atom stereocenters. The number of sulfonamides is 1. The summed E-state index contributed by atoms with van der Waals surface area (Å²) in [7, 11) is -3.62. The van der Waals surface area contributed by atoms with Crippen LogP contribution < -0.4 is 5.32 Å². The topological polar surface area (TPSA) is 92.3 Å². The average molecular weight is 447 g/mol. The molecule has 0 radical (unpaired) electrons. The van der Waals surface area contributed by atoms with E-state index in [1.54, 1.807) is 46.9 Å². The van der Waals surface area contributed by atoms with Gasteiger partial charge in [-0.1, -0.05) is 45.1 Å². The Morgan fingerprint density at radius 3 is 2.40 bits per heavy atom. The third-order valence-electron chi connectivity index (χ3n) is 4.25. The van der Waals surface area contributed by atoms with E-state index in [2.05, 4.69) is 15.3 Å². The molecule has 2 aromatic heterocycles. The van der Waals surface area contributed by atoms with Crippen molar-refractivity contribution >= 4 is 42.6 Å². The maximum absolute atomic E-state index is 13.2. The van der Waals surface area contributed by atoms with E-state index >= 15 is 0 Å². The van der Waals surface area contributed by atoms with E-state index in [9.17, 15) is 13.2 Å². The average Bonchev–Trinajstić information content (AvgIpc) is 3.08. The van der Waals surface area contributed by atoms with Gasteiger partial charge in [0.25, 0.3) is 5.91 Å². The minimum atomic E-state index is -3.62. The van der Waals surface area contributed by atoms with Crippen LogP contribution in [0.2, 0.25) is 0 Å². The first-order valence-electron chi connectivity index (χ1n) is 9.80. The van der Waals surface area contributed by atoms with E-state index in [4.69, 9.17) is 0 Å². The lowest BCUT2D eigenvalue weighted by atomic mass is 10.2. The van der Waals surface area contributed by atoms with E-state index in [0.29, 0.717) is 28.4 Å². The van der Waals surface area contributed by atoms with Gasteiger partial charge in [0, 0.05) is 19.3 Å². The van der Waals surface area contributed by atoms with Crippen LogP contribution in [0.4, 0.5) is 5.13 Å². The van der Waals surface area contributed by atoms with Gasteiger partial charge in [-0.3, -0.25) is 15.1 Å². The van der Waals surface area contributed by atoms with Crippen molar-refractivity contribution in [2.45, 2.75) is 32.6 Å². The highest BCUT2D eigenvalue weighted by Gasteiger charge is 2.26. The number of aromatic nitrogens is 2. The molecule has 0 bridgehead atoms. The third-order valence-corrected chi connectivity index (χ3v) is 7.01. The molecule has 160 valence electrons. The minimum Gasteiger partial charge on any atom is -0.296 e. The fraction of sp³-hybridized carbons (Fsp3) is 0.381. The standard InChI is InChI=1S/C21H26N4O3S2/c1-14(2)12-25(13-15(3)4)30(27,28)16-8-9-17-19(11-16)29-21(23-17)24-20(26)18-7-5-6-10-22-18/h5-11,14-15H,12-13H2,1-4H3,(H,23,24,26). The van der Waals surface area contributed by atoms with Crippen LogP contribution in [0, 0.1) is 11.8 Å². The van der Waals surface area contributed by atoms with E-state index < -0.39 is 10.0 Å². The van der Waals surface area contributed by atoms with Crippen LogP contribution >= 0.6 is 11.3 Å². The molecule has 30 heavy (non-hydrogen) atoms. The van der Waals surface area contributed by atoms with Gasteiger partial charge >= 0.3 is 0 Å². The number of benzene rings is 1. The Kier molecular flexibility index (Phi) is 6.84. The summed E-state index contributed by atoms with van der Waals surface area (Å²) in [6.07, 6.45) is 1.55. The molecule has 0 spiro atoms. The first kappa shape index (κ1) is 22.3. The first-order valence-corrected chi connectivity index (χ1v) is 12.1. The number of thiazole rings is 1. The zero-order valence-corrected chi connectivity index (χ0v) is 19.1. The van der Waals surface area contributed by atoms with Crippen LogP contribution in [0.15, 0.2) is 47.5 Å². The molecule has 1 amide bonds. The molecule has 1 aromatic carbocycles. The van der Waals surface area contributed by atoms with Crippen molar-refractivity contribution in [2.75, 3.05) is 18.4 Å². The summed E-state index contributed by atoms with van der Waals surface area (Å²) in [4.78, 5) is 21.0. The molecule has 0 saturated carbocycles. The molecule has 0 saturated heterocycles. The Labute approximate surface area is 181 Å². The Balaban J connectivity index is 1.88. The van der Waals surface area contributed by atoms with Crippen molar-refractivity contribution in [2.24, 2.45) is 11.8 Å². The third kappa shape index (κ3) is 5.21. The lowest BCUT2D eigenvalue weighted by Gasteiger charge is -2.25. The lowest BCUT2D eigenvalue weighted by Crippen LogP contribution is -2.37. The van der Waals surface area contributed by atoms with Crippen LogP contribution in [-0.4, -0.2) is 41.7 Å². The van der Waals surface area contributed by atoms with E-state index in [1.807, 2.05) is 27.7 Å². The highest BCUT2D eigenvalue weighted by Crippen LogP contribution is 2.30. The van der Waals surface area contributed by atoms with Gasteiger partial charge in [-0.15, -0.1) is 0 Å². The van der Waals surface area contributed by atoms with E-state index in [0.717, 1.165) is 0 Å². The van der Waals surface area contributed by atoms with E-state index in [-0.39, 0.29) is 28.3 Å². The van der Waals surface area contributed by atoms with Crippen molar-refractivity contribution in [1.82, 2.24) is 14.3 Å². The van der Waals surface area contributed by atoms with Crippen LogP contribution in [0.5, 0.6) is 0 Å². The molecular weight excluding hydrogens is 420 g/mol. The molecular formula is C21H26N4O3S2. The number of nitrogens with zero attached hydrogens (tertiary/aromatic N) is 3. The molecule has 7 nitrogen and oxygen atoms in total. The summed E-state index contributed by atoms with van der Waals surface area (Å²) in [5.41, 5.74) is 0.924. The molecule has 0 aliphatic heterocycles. The molecule has 0 atom stereocenters. The lowest BCUT2D eigenvalue weighted by molar-refractivity contribution is 0.102. The fourth-order valence-electron chi connectivity index (χ4n) is 3.01. The second kappa shape index (κ2) is 9.20. The van der Waals surface area contributed by atoms with Gasteiger partial charge in [0.15, 0.2) is 5.13 Å². The van der Waals surface area contributed by atoms with Gasteiger partial charge in [-0.25, -0.2) is 13.4 Å². The van der Waals surface area contributed by atoms with Crippen molar-refractivity contribution in [3.8, 4) is 0 Å². The van der Waals surface area contributed by atoms with Crippen molar-refractivity contribution in [3.63, 3.8) is 0 Å². The highest BCUT2D eigenvalue weighted by atomic mass is 32.2. The van der Waals surface area contributed by atoms with Crippen LogP contribution in [-0.2, 0) is 10.0 Å². The maximum Gasteiger partial charge on any atom is 0.276 e. The van der Waals surface area contributed by atoms with Gasteiger partial charge in [0.2, 0.25) is 10.0 Å². The predicted molar refractivity (Wildman–Crippen MR) is 120 cm³/mol. The number of amides is 1. The molecule has 1 N–H and O–H groups in total. The quantitative estimate of drug-likeness (QED) is 0.558. The van der Waals surface area contributed by atoms with Gasteiger partial charge in [0.05, 0.1) is 15.1 Å².